The number of nitrogen functional groups attached to an aromatic ring is 1. The minimum absolute atomic E-state index is 0.0142. The van der Waals surface area contributed by atoms with Crippen molar-refractivity contribution in [2.75, 3.05) is 18.0 Å². The largest absolute Gasteiger partial charge is 0.399 e. The molecule has 0 bridgehead atoms. The molecular formula is C13H17N3O4S. The van der Waals surface area contributed by atoms with E-state index in [0.29, 0.717) is 5.69 Å². The Morgan fingerprint density at radius 3 is 2.38 bits per heavy atom. The maximum atomic E-state index is 11.8. The van der Waals surface area contributed by atoms with Gasteiger partial charge in [-0.25, -0.2) is 13.1 Å². The maximum Gasteiger partial charge on any atom is 0.264 e. The molecule has 1 fully saturated rings. The number of nitrogens with one attached hydrogen (secondary N) is 2. The first-order chi connectivity index (χ1) is 9.87. The fourth-order valence-corrected chi connectivity index (χ4v) is 2.56. The zero-order valence-corrected chi connectivity index (χ0v) is 12.2. The predicted octanol–water partition coefficient (Wildman–Crippen LogP) is -0.145. The van der Waals surface area contributed by atoms with Crippen LogP contribution in [-0.4, -0.2) is 32.5 Å². The topological polar surface area (TPSA) is 118 Å². The van der Waals surface area contributed by atoms with E-state index in [4.69, 9.17) is 5.73 Å². The number of sulfonamides is 1. The summed E-state index contributed by atoms with van der Waals surface area (Å²) in [4.78, 5) is 23.1. The lowest BCUT2D eigenvalue weighted by atomic mass is 10.2. The first-order valence-corrected chi connectivity index (χ1v) is 8.21. The molecule has 1 aromatic carbocycles. The van der Waals surface area contributed by atoms with Crippen LogP contribution in [0.25, 0.3) is 0 Å². The summed E-state index contributed by atoms with van der Waals surface area (Å²) in [5.41, 5.74) is 6.17. The molecule has 114 valence electrons. The van der Waals surface area contributed by atoms with Crippen LogP contribution in [0, 0.1) is 5.92 Å². The zero-order chi connectivity index (χ0) is 15.5. The van der Waals surface area contributed by atoms with Crippen molar-refractivity contribution in [2.45, 2.75) is 12.8 Å². The molecule has 0 aliphatic heterocycles. The molecule has 0 saturated heterocycles. The van der Waals surface area contributed by atoms with E-state index >= 15 is 0 Å². The van der Waals surface area contributed by atoms with Crippen LogP contribution in [0.3, 0.4) is 0 Å². The zero-order valence-electron chi connectivity index (χ0n) is 11.3. The first kappa shape index (κ1) is 15.3. The molecule has 0 unspecified atom stereocenters. The fourth-order valence-electron chi connectivity index (χ4n) is 1.68. The van der Waals surface area contributed by atoms with E-state index in [1.807, 2.05) is 4.72 Å². The molecule has 7 nitrogen and oxygen atoms in total. The molecule has 8 heteroatoms. The summed E-state index contributed by atoms with van der Waals surface area (Å²) in [6, 6.07) is 5.90. The molecule has 1 saturated carbocycles. The summed E-state index contributed by atoms with van der Waals surface area (Å²) in [6.45, 7) is -0.0142. The van der Waals surface area contributed by atoms with E-state index in [9.17, 15) is 18.0 Å². The van der Waals surface area contributed by atoms with Crippen LogP contribution in [0.4, 0.5) is 5.69 Å². The van der Waals surface area contributed by atoms with Crippen LogP contribution in [0.5, 0.6) is 0 Å². The molecule has 1 aliphatic rings. The van der Waals surface area contributed by atoms with Gasteiger partial charge < -0.3 is 11.1 Å². The number of nitrogens with two attached hydrogens (primary N) is 1. The second-order valence-electron chi connectivity index (χ2n) is 4.94. The summed E-state index contributed by atoms with van der Waals surface area (Å²) in [5, 5.41) is 2.54. The monoisotopic (exact) mass is 311 g/mol. The van der Waals surface area contributed by atoms with E-state index in [-0.39, 0.29) is 29.7 Å². The van der Waals surface area contributed by atoms with Gasteiger partial charge in [0, 0.05) is 23.7 Å². The third-order valence-corrected chi connectivity index (χ3v) is 4.28. The summed E-state index contributed by atoms with van der Waals surface area (Å²) >= 11 is 0. The molecule has 1 aliphatic carbocycles. The molecule has 0 aromatic heterocycles. The third kappa shape index (κ3) is 4.75. The van der Waals surface area contributed by atoms with Gasteiger partial charge in [-0.3, -0.25) is 9.59 Å². The molecule has 4 N–H and O–H groups in total. The Bertz CT molecular complexity index is 636. The van der Waals surface area contributed by atoms with Gasteiger partial charge in [0.2, 0.25) is 15.9 Å². The van der Waals surface area contributed by atoms with Gasteiger partial charge in [-0.1, -0.05) is 0 Å². The second kappa shape index (κ2) is 6.13. The summed E-state index contributed by atoms with van der Waals surface area (Å²) in [7, 11) is -3.79. The van der Waals surface area contributed by atoms with Crippen LogP contribution < -0.4 is 15.8 Å². The van der Waals surface area contributed by atoms with E-state index in [1.54, 1.807) is 0 Å². The van der Waals surface area contributed by atoms with E-state index in [0.717, 1.165) is 12.8 Å². The van der Waals surface area contributed by atoms with Gasteiger partial charge in [-0.05, 0) is 37.1 Å². The average molecular weight is 311 g/mol. The van der Waals surface area contributed by atoms with Crippen molar-refractivity contribution in [1.29, 1.82) is 0 Å². The number of rotatable bonds is 6. The van der Waals surface area contributed by atoms with Crippen molar-refractivity contribution >= 4 is 27.5 Å². The van der Waals surface area contributed by atoms with Crippen molar-refractivity contribution < 1.29 is 18.0 Å². The Morgan fingerprint density at radius 1 is 1.19 bits per heavy atom. The smallest absolute Gasteiger partial charge is 0.264 e. The lowest BCUT2D eigenvalue weighted by Gasteiger charge is -2.08. The summed E-state index contributed by atoms with van der Waals surface area (Å²) in [6.07, 6.45) is 1.71. The Labute approximate surface area is 123 Å². The van der Waals surface area contributed by atoms with Gasteiger partial charge in [-0.15, -0.1) is 0 Å². The van der Waals surface area contributed by atoms with Crippen molar-refractivity contribution in [3.05, 3.63) is 29.8 Å². The first-order valence-electron chi connectivity index (χ1n) is 6.55. The van der Waals surface area contributed by atoms with Crippen molar-refractivity contribution in [3.63, 3.8) is 0 Å². The number of benzene rings is 1. The fraction of sp³-hybridized carbons (Fsp3) is 0.385. The highest BCUT2D eigenvalue weighted by atomic mass is 32.2. The number of carbonyl (C=O) groups excluding carboxylic acids is 2. The Morgan fingerprint density at radius 2 is 1.81 bits per heavy atom. The van der Waals surface area contributed by atoms with Crippen LogP contribution in [0.15, 0.2) is 24.3 Å². The number of hydrogen-bond donors (Lipinski definition) is 3. The van der Waals surface area contributed by atoms with Gasteiger partial charge >= 0.3 is 0 Å². The van der Waals surface area contributed by atoms with Crippen molar-refractivity contribution in [3.8, 4) is 0 Å². The van der Waals surface area contributed by atoms with Crippen molar-refractivity contribution in [2.24, 2.45) is 5.92 Å². The summed E-state index contributed by atoms with van der Waals surface area (Å²) in [5.74, 6) is -1.16. The minimum Gasteiger partial charge on any atom is -0.399 e. The normalized spacial score (nSPS) is 14.5. The SMILES string of the molecule is Nc1ccc(C(=O)NS(=O)(=O)CCNC(=O)C2CC2)cc1. The third-order valence-electron chi connectivity index (χ3n) is 3.04. The average Bonchev–Trinajstić information content (AvgIpc) is 3.22. The molecule has 0 heterocycles. The number of carbonyl (C=O) groups is 2. The number of hydrogen-bond acceptors (Lipinski definition) is 5. The number of amides is 2. The minimum atomic E-state index is -3.79. The van der Waals surface area contributed by atoms with E-state index in [2.05, 4.69) is 5.32 Å². The van der Waals surface area contributed by atoms with Gasteiger partial charge in [0.25, 0.3) is 5.91 Å². The maximum absolute atomic E-state index is 11.8. The van der Waals surface area contributed by atoms with Crippen LogP contribution in [0.2, 0.25) is 0 Å². The molecule has 2 rings (SSSR count). The molecule has 1 aromatic rings. The second-order valence-corrected chi connectivity index (χ2v) is 6.78. The van der Waals surface area contributed by atoms with Gasteiger partial charge in [-0.2, -0.15) is 0 Å². The van der Waals surface area contributed by atoms with Gasteiger partial charge in [0.1, 0.15) is 0 Å². The van der Waals surface area contributed by atoms with E-state index < -0.39 is 15.9 Å². The predicted molar refractivity (Wildman–Crippen MR) is 77.8 cm³/mol. The number of anilines is 1. The molecule has 0 spiro atoms. The van der Waals surface area contributed by atoms with Crippen LogP contribution in [0.1, 0.15) is 23.2 Å². The van der Waals surface area contributed by atoms with E-state index in [1.165, 1.54) is 24.3 Å². The standard InChI is InChI=1S/C13H17N3O4S/c14-11-5-3-10(4-6-11)13(18)16-21(19,20)8-7-15-12(17)9-1-2-9/h3-6,9H,1-2,7-8,14H2,(H,15,17)(H,16,18). The Kier molecular flexibility index (Phi) is 4.46. The quantitative estimate of drug-likeness (QED) is 0.632. The lowest BCUT2D eigenvalue weighted by molar-refractivity contribution is -0.122. The molecule has 0 radical (unpaired) electrons. The molecular weight excluding hydrogens is 294 g/mol. The van der Waals surface area contributed by atoms with Gasteiger partial charge in [0.05, 0.1) is 5.75 Å². The summed E-state index contributed by atoms with van der Waals surface area (Å²) < 4.78 is 25.4. The van der Waals surface area contributed by atoms with Gasteiger partial charge in [0.15, 0.2) is 0 Å². The molecule has 21 heavy (non-hydrogen) atoms. The van der Waals surface area contributed by atoms with Crippen LogP contribution >= 0.6 is 0 Å². The molecule has 2 amide bonds. The van der Waals surface area contributed by atoms with Crippen molar-refractivity contribution in [1.82, 2.24) is 10.0 Å². The highest BCUT2D eigenvalue weighted by molar-refractivity contribution is 7.90. The Balaban J connectivity index is 1.83. The highest BCUT2D eigenvalue weighted by Crippen LogP contribution is 2.28. The molecule has 0 atom stereocenters. The lowest BCUT2D eigenvalue weighted by Crippen LogP contribution is -2.37. The Hall–Kier alpha value is -2.09. The highest BCUT2D eigenvalue weighted by Gasteiger charge is 2.29. The van der Waals surface area contributed by atoms with Crippen LogP contribution in [-0.2, 0) is 14.8 Å².